The topological polar surface area (TPSA) is 414 Å². The van der Waals surface area contributed by atoms with E-state index in [4.69, 9.17) is 22.3 Å². The molecule has 1 aromatic carbocycles. The summed E-state index contributed by atoms with van der Waals surface area (Å²) < 4.78 is 0. The van der Waals surface area contributed by atoms with Crippen molar-refractivity contribution in [1.82, 2.24) is 47.0 Å². The van der Waals surface area contributed by atoms with E-state index in [1.54, 1.807) is 39.8 Å². The van der Waals surface area contributed by atoms with Gasteiger partial charge in [0.25, 0.3) is 0 Å². The quantitative estimate of drug-likeness (QED) is 0.0666. The van der Waals surface area contributed by atoms with Gasteiger partial charge in [-0.25, -0.2) is 0 Å². The van der Waals surface area contributed by atoms with Crippen LogP contribution in [0, 0.1) is 11.8 Å². The maximum Gasteiger partial charge on any atom is 0.322 e. The average Bonchev–Trinajstić information content (AvgIpc) is 3.84. The number of nitrogens with two attached hydrogens (primary N) is 3. The number of carbonyl (C=O) groups excluding carboxylic acids is 11. The van der Waals surface area contributed by atoms with Crippen LogP contribution in [-0.2, 0) is 64.0 Å². The van der Waals surface area contributed by atoms with Gasteiger partial charge in [-0.15, -0.1) is 0 Å². The fourth-order valence-electron chi connectivity index (χ4n) is 8.41. The van der Waals surface area contributed by atoms with Crippen molar-refractivity contribution in [2.75, 3.05) is 31.1 Å². The van der Waals surface area contributed by atoms with Gasteiger partial charge in [0.05, 0.1) is 19.0 Å². The first kappa shape index (κ1) is 59.9. The lowest BCUT2D eigenvalue weighted by atomic mass is 9.96. The van der Waals surface area contributed by atoms with Crippen molar-refractivity contribution in [3.63, 3.8) is 0 Å². The van der Waals surface area contributed by atoms with Crippen molar-refractivity contribution in [1.29, 1.82) is 0 Å². The molecular formula is C46H68N12O14S2. The van der Waals surface area contributed by atoms with Gasteiger partial charge >= 0.3 is 5.97 Å². The lowest BCUT2D eigenvalue weighted by Crippen LogP contribution is -2.68. The van der Waals surface area contributed by atoms with Gasteiger partial charge in [0.1, 0.15) is 60.6 Å². The minimum absolute atomic E-state index is 0.00788. The van der Waals surface area contributed by atoms with Crippen molar-refractivity contribution in [3.05, 3.63) is 29.8 Å². The van der Waals surface area contributed by atoms with E-state index in [2.05, 4.69) is 37.2 Å². The number of amides is 11. The summed E-state index contributed by atoms with van der Waals surface area (Å²) >= 11 is 0. The number of hydrogen-bond acceptors (Lipinski definition) is 16. The summed E-state index contributed by atoms with van der Waals surface area (Å²) in [6.07, 6.45) is -0.916. The molecule has 11 amide bonds. The van der Waals surface area contributed by atoms with Crippen LogP contribution < -0.4 is 54.4 Å². The molecule has 0 aliphatic carbocycles. The minimum atomic E-state index is -1.79. The predicted octanol–water partition coefficient (Wildman–Crippen LogP) is -3.80. The normalized spacial score (nSPS) is 25.4. The van der Waals surface area contributed by atoms with Crippen LogP contribution in [0.2, 0.25) is 0 Å². The number of aliphatic carboxylic acids is 1. The Bertz CT molecular complexity index is 2270. The molecule has 15 N–H and O–H groups in total. The third-order valence-electron chi connectivity index (χ3n) is 12.6. The maximum atomic E-state index is 14.6. The van der Waals surface area contributed by atoms with Crippen molar-refractivity contribution in [2.45, 2.75) is 133 Å². The van der Waals surface area contributed by atoms with Crippen molar-refractivity contribution < 1.29 is 67.7 Å². The number of rotatable bonds is 17. The summed E-state index contributed by atoms with van der Waals surface area (Å²) in [6.45, 7) is 5.81. The van der Waals surface area contributed by atoms with Crippen molar-refractivity contribution in [3.8, 4) is 5.75 Å². The van der Waals surface area contributed by atoms with Gasteiger partial charge in [-0.3, -0.25) is 57.5 Å². The maximum absolute atomic E-state index is 14.6. The van der Waals surface area contributed by atoms with Gasteiger partial charge in [-0.1, -0.05) is 67.8 Å². The highest BCUT2D eigenvalue weighted by Gasteiger charge is 2.44. The van der Waals surface area contributed by atoms with Gasteiger partial charge < -0.3 is 74.4 Å². The number of likely N-dealkylation sites (tertiary alicyclic amines) is 1. The fraction of sp³-hybridized carbons (Fsp3) is 0.609. The lowest BCUT2D eigenvalue weighted by Gasteiger charge is -2.40. The zero-order valence-corrected chi connectivity index (χ0v) is 43.2. The van der Waals surface area contributed by atoms with E-state index in [1.807, 2.05) is 0 Å². The second kappa shape index (κ2) is 28.1. The number of phenolic OH excluding ortho intramolecular Hbond substituents is 1. The number of carbonyl (C=O) groups is 12. The molecular weight excluding hydrogens is 1010 g/mol. The molecule has 4 rings (SSSR count). The molecule has 3 fully saturated rings. The molecule has 3 saturated heterocycles. The van der Waals surface area contributed by atoms with E-state index in [0.717, 1.165) is 26.5 Å². The van der Waals surface area contributed by atoms with E-state index in [1.165, 1.54) is 17.0 Å². The first-order chi connectivity index (χ1) is 34.9. The standard InChI is InChI=1S/C46H68N12O14S2/c1-5-23(4)37-44(70)51-27(12-13-34(48)60)39(65)52-29(17-35(49)61)40(66)55-31(46(72)57-14-6-7-32(57)42(68)53-28(15-22(2)3)38(64)50-18-36(62)63)21-74-73-20-26(47)45(71)58-19-30(41(67)56-37)54-43(69)33(58)16-24-8-10-25(59)11-9-24/h8-11,22-23,26-33,37,59H,5-7,12-21,47H2,1-4H3,(H2,48,60)(H2,49,61)(H,50,64)(H,51,70)(H,52,65)(H,53,68)(H,54,69)(H,55,66)(H,56,67)(H,62,63)/t23-,26-,27-,28-,29-,30+,31-,32-,33-,37-/m0/s1. The first-order valence-electron chi connectivity index (χ1n) is 24.2. The molecule has 0 aromatic heterocycles. The van der Waals surface area contributed by atoms with Gasteiger partial charge in [0.15, 0.2) is 0 Å². The first-order valence-corrected chi connectivity index (χ1v) is 26.7. The molecule has 0 saturated carbocycles. The summed E-state index contributed by atoms with van der Waals surface area (Å²) in [5.41, 5.74) is 18.0. The zero-order chi connectivity index (χ0) is 55.0. The summed E-state index contributed by atoms with van der Waals surface area (Å²) in [5, 5.41) is 36.6. The Morgan fingerprint density at radius 3 is 2.09 bits per heavy atom. The van der Waals surface area contributed by atoms with Gasteiger partial charge in [0.2, 0.25) is 65.0 Å². The Kier molecular flexibility index (Phi) is 22.8. The van der Waals surface area contributed by atoms with E-state index >= 15 is 0 Å². The molecule has 2 bridgehead atoms. The van der Waals surface area contributed by atoms with Crippen molar-refractivity contribution in [2.24, 2.45) is 29.0 Å². The molecule has 0 radical (unpaired) electrons. The molecule has 0 unspecified atom stereocenters. The lowest BCUT2D eigenvalue weighted by molar-refractivity contribution is -0.148. The Balaban J connectivity index is 1.75. The average molecular weight is 1080 g/mol. The van der Waals surface area contributed by atoms with E-state index in [-0.39, 0.29) is 49.0 Å². The number of carboxylic acids is 1. The molecule has 1 aromatic rings. The minimum Gasteiger partial charge on any atom is -0.508 e. The summed E-state index contributed by atoms with van der Waals surface area (Å²) in [7, 11) is 1.97. The van der Waals surface area contributed by atoms with Crippen LogP contribution >= 0.6 is 21.6 Å². The van der Waals surface area contributed by atoms with Crippen LogP contribution in [0.3, 0.4) is 0 Å². The number of hydrogen-bond donors (Lipinski definition) is 12. The summed E-state index contributed by atoms with van der Waals surface area (Å²) in [4.78, 5) is 164. The number of carboxylic acid groups (broad SMARTS) is 1. The van der Waals surface area contributed by atoms with Crippen LogP contribution in [-0.4, -0.2) is 176 Å². The zero-order valence-electron chi connectivity index (χ0n) is 41.6. The molecule has 10 atom stereocenters. The predicted molar refractivity (Wildman–Crippen MR) is 268 cm³/mol. The van der Waals surface area contributed by atoms with Crippen LogP contribution in [0.1, 0.15) is 78.2 Å². The Labute approximate surface area is 435 Å². The number of phenols is 1. The highest BCUT2D eigenvalue weighted by atomic mass is 33.1. The van der Waals surface area contributed by atoms with Crippen molar-refractivity contribution >= 4 is 92.5 Å². The summed E-state index contributed by atoms with van der Waals surface area (Å²) in [6, 6.07) is -6.72. The molecule has 0 spiro atoms. The smallest absolute Gasteiger partial charge is 0.322 e. The Hall–Kier alpha value is -6.68. The number of nitrogens with zero attached hydrogens (tertiary/aromatic N) is 2. The number of aromatic hydroxyl groups is 1. The fourth-order valence-corrected chi connectivity index (χ4v) is 10.7. The van der Waals surface area contributed by atoms with Gasteiger partial charge in [-0.05, 0) is 55.2 Å². The Morgan fingerprint density at radius 1 is 0.824 bits per heavy atom. The van der Waals surface area contributed by atoms with Crippen LogP contribution in [0.15, 0.2) is 24.3 Å². The van der Waals surface area contributed by atoms with E-state index in [0.29, 0.717) is 18.4 Å². The molecule has 408 valence electrons. The third kappa shape index (κ3) is 17.5. The number of piperazine rings is 1. The molecule has 28 heteroatoms. The molecule has 26 nitrogen and oxygen atoms in total. The van der Waals surface area contributed by atoms with E-state index < -0.39 is 164 Å². The largest absolute Gasteiger partial charge is 0.508 e. The highest BCUT2D eigenvalue weighted by molar-refractivity contribution is 8.76. The molecule has 3 aliphatic rings. The Morgan fingerprint density at radius 2 is 1.47 bits per heavy atom. The summed E-state index contributed by atoms with van der Waals surface area (Å²) in [5.74, 6) is -12.3. The second-order valence-electron chi connectivity index (χ2n) is 18.8. The SMILES string of the molecule is CC[C@H](C)[C@@H]1NC(=O)[C@H]2CN(C(=O)[C@@H](N)CSSC[C@@H](C(=O)N3CCC[C@H]3C(=O)N[C@@H](CC(C)C)C(=O)NCC(=O)O)NC(=O)[C@H](CC(N)=O)NC(=O)[C@H](CCC(N)=O)NC1=O)[C@@H](Cc1ccc(O)cc1)C(=O)N2. The van der Waals surface area contributed by atoms with Gasteiger partial charge in [0, 0.05) is 30.9 Å². The molecule has 74 heavy (non-hydrogen) atoms. The third-order valence-corrected chi connectivity index (χ3v) is 15.0. The highest BCUT2D eigenvalue weighted by Crippen LogP contribution is 2.27. The van der Waals surface area contributed by atoms with Crippen LogP contribution in [0.4, 0.5) is 0 Å². The molecule has 3 aliphatic heterocycles. The monoisotopic (exact) mass is 1080 g/mol. The molecule has 3 heterocycles. The van der Waals surface area contributed by atoms with Gasteiger partial charge in [-0.2, -0.15) is 0 Å². The van der Waals surface area contributed by atoms with E-state index in [9.17, 15) is 62.6 Å². The number of benzene rings is 1. The number of primary amides is 2. The van der Waals surface area contributed by atoms with Crippen LogP contribution in [0.5, 0.6) is 5.75 Å². The number of nitrogens with one attached hydrogen (secondary N) is 7. The second-order valence-corrected chi connectivity index (χ2v) is 21.4. The van der Waals surface area contributed by atoms with Crippen LogP contribution in [0.25, 0.3) is 0 Å². The number of fused-ring (bicyclic) bond motifs is 2.